The molecule has 0 atom stereocenters. The number of anilines is 1. The van der Waals surface area contributed by atoms with Crippen molar-refractivity contribution in [1.29, 1.82) is 0 Å². The maximum Gasteiger partial charge on any atom is 0.295 e. The van der Waals surface area contributed by atoms with Crippen LogP contribution in [0, 0.1) is 13.8 Å². The fourth-order valence-electron chi connectivity index (χ4n) is 3.47. The van der Waals surface area contributed by atoms with Crippen LogP contribution in [0.3, 0.4) is 0 Å². The topological polar surface area (TPSA) is 79.1 Å². The van der Waals surface area contributed by atoms with Gasteiger partial charge < -0.3 is 10.3 Å². The molecule has 30 heavy (non-hydrogen) atoms. The number of aromatic amines is 1. The van der Waals surface area contributed by atoms with E-state index in [0.717, 1.165) is 33.5 Å². The Balaban J connectivity index is 1.53. The zero-order valence-corrected chi connectivity index (χ0v) is 17.7. The molecule has 8 heteroatoms. The largest absolute Gasteiger partial charge is 0.358 e. The number of para-hydroxylation sites is 2. The number of hydrazone groups is 1. The fraction of sp³-hybridized carbons (Fsp3) is 0.136. The molecule has 0 spiro atoms. The molecule has 0 unspecified atom stereocenters. The molecule has 2 aromatic heterocycles. The molecule has 0 saturated carbocycles. The molecule has 0 amide bonds. The van der Waals surface area contributed by atoms with Crippen LogP contribution in [0.4, 0.5) is 5.69 Å². The van der Waals surface area contributed by atoms with Gasteiger partial charge in [0.25, 0.3) is 5.56 Å². The predicted molar refractivity (Wildman–Crippen MR) is 126 cm³/mol. The summed E-state index contributed by atoms with van der Waals surface area (Å²) in [6.45, 7) is 3.86. The van der Waals surface area contributed by atoms with Crippen LogP contribution in [-0.4, -0.2) is 25.7 Å². The first-order valence-corrected chi connectivity index (χ1v) is 9.89. The summed E-state index contributed by atoms with van der Waals surface area (Å²) in [5.41, 5.74) is 7.65. The van der Waals surface area contributed by atoms with Gasteiger partial charge in [0.15, 0.2) is 5.11 Å². The van der Waals surface area contributed by atoms with E-state index in [1.54, 1.807) is 15.6 Å². The average Bonchev–Trinajstić information content (AvgIpc) is 3.17. The lowest BCUT2D eigenvalue weighted by atomic mass is 10.1. The molecule has 0 aliphatic rings. The monoisotopic (exact) mass is 418 g/mol. The van der Waals surface area contributed by atoms with Crippen LogP contribution >= 0.6 is 12.2 Å². The molecule has 0 fully saturated rings. The number of aromatic nitrogens is 3. The van der Waals surface area contributed by atoms with Crippen molar-refractivity contribution in [1.82, 2.24) is 19.8 Å². The van der Waals surface area contributed by atoms with Crippen molar-refractivity contribution in [3.8, 4) is 5.69 Å². The van der Waals surface area contributed by atoms with Gasteiger partial charge in [-0.1, -0.05) is 36.4 Å². The molecule has 3 N–H and O–H groups in total. The van der Waals surface area contributed by atoms with Crippen molar-refractivity contribution in [2.24, 2.45) is 12.1 Å². The number of thiocarbonyl (C=S) groups is 1. The maximum absolute atomic E-state index is 12.9. The number of nitrogens with zero attached hydrogens (tertiary/aromatic N) is 3. The van der Waals surface area contributed by atoms with Gasteiger partial charge in [0.1, 0.15) is 5.69 Å². The molecule has 0 aliphatic carbocycles. The summed E-state index contributed by atoms with van der Waals surface area (Å²) in [6, 6.07) is 17.5. The van der Waals surface area contributed by atoms with Crippen LogP contribution in [0.1, 0.15) is 17.0 Å². The van der Waals surface area contributed by atoms with E-state index in [-0.39, 0.29) is 10.7 Å². The first kappa shape index (κ1) is 19.7. The van der Waals surface area contributed by atoms with Crippen LogP contribution in [0.5, 0.6) is 0 Å². The highest BCUT2D eigenvalue weighted by Crippen LogP contribution is 2.20. The molecule has 2 aromatic carbocycles. The number of nitrogens with one attached hydrogen (secondary N) is 3. The molecule has 0 aliphatic heterocycles. The van der Waals surface area contributed by atoms with Gasteiger partial charge in [0.05, 0.1) is 17.6 Å². The van der Waals surface area contributed by atoms with E-state index in [1.807, 2.05) is 75.5 Å². The number of H-pyrrole nitrogens is 1. The molecule has 7 nitrogen and oxygen atoms in total. The van der Waals surface area contributed by atoms with Gasteiger partial charge in [-0.15, -0.1) is 0 Å². The van der Waals surface area contributed by atoms with Crippen molar-refractivity contribution < 1.29 is 0 Å². The smallest absolute Gasteiger partial charge is 0.295 e. The van der Waals surface area contributed by atoms with Gasteiger partial charge in [0, 0.05) is 29.2 Å². The molecule has 152 valence electrons. The minimum absolute atomic E-state index is 0.179. The Kier molecular flexibility index (Phi) is 5.24. The highest BCUT2D eigenvalue weighted by molar-refractivity contribution is 7.80. The number of aryl methyl sites for hydroxylation is 1. The Hall–Kier alpha value is -3.65. The SMILES string of the molecule is Cc1[nH]c2ccccc2c1/C=N/NC(=S)Nc1c(C)n(C)n(-c2ccccc2)c1=O. The Morgan fingerprint density at radius 2 is 1.80 bits per heavy atom. The van der Waals surface area contributed by atoms with Crippen molar-refractivity contribution in [2.75, 3.05) is 5.32 Å². The lowest BCUT2D eigenvalue weighted by Gasteiger charge is -2.07. The summed E-state index contributed by atoms with van der Waals surface area (Å²) in [5, 5.41) is 8.57. The van der Waals surface area contributed by atoms with Crippen molar-refractivity contribution in [2.45, 2.75) is 13.8 Å². The molecule has 4 rings (SSSR count). The number of hydrogen-bond acceptors (Lipinski definition) is 3. The third kappa shape index (κ3) is 3.53. The lowest BCUT2D eigenvalue weighted by molar-refractivity contribution is 0.630. The maximum atomic E-state index is 12.9. The quantitative estimate of drug-likeness (QED) is 0.269. The summed E-state index contributed by atoms with van der Waals surface area (Å²) in [5.74, 6) is 0. The minimum Gasteiger partial charge on any atom is -0.358 e. The highest BCUT2D eigenvalue weighted by atomic mass is 32.1. The van der Waals surface area contributed by atoms with Crippen LogP contribution in [0.25, 0.3) is 16.6 Å². The van der Waals surface area contributed by atoms with E-state index < -0.39 is 0 Å². The standard InChI is InChI=1S/C22H22N6OS/c1-14-18(17-11-7-8-12-19(17)24-14)13-23-26-22(30)25-20-15(2)27(3)28(21(20)29)16-9-5-4-6-10-16/h4-13,24H,1-3H3,(H2,25,26,30)/b23-13+. The Bertz CT molecular complexity index is 1310. The second-order valence-electron chi connectivity index (χ2n) is 6.97. The van der Waals surface area contributed by atoms with E-state index in [0.29, 0.717) is 5.69 Å². The van der Waals surface area contributed by atoms with Gasteiger partial charge >= 0.3 is 0 Å². The molecular formula is C22H22N6OS. The summed E-state index contributed by atoms with van der Waals surface area (Å²) < 4.78 is 3.39. The van der Waals surface area contributed by atoms with Crippen molar-refractivity contribution >= 4 is 40.1 Å². The van der Waals surface area contributed by atoms with Gasteiger partial charge in [-0.3, -0.25) is 14.9 Å². The minimum atomic E-state index is -0.179. The van der Waals surface area contributed by atoms with Crippen LogP contribution in [-0.2, 0) is 7.05 Å². The van der Waals surface area contributed by atoms with Crippen LogP contribution < -0.4 is 16.3 Å². The van der Waals surface area contributed by atoms with Gasteiger partial charge in [-0.25, -0.2) is 4.68 Å². The predicted octanol–water partition coefficient (Wildman–Crippen LogP) is 3.59. The van der Waals surface area contributed by atoms with Gasteiger partial charge in [-0.05, 0) is 44.3 Å². The third-order valence-corrected chi connectivity index (χ3v) is 5.29. The molecule has 4 aromatic rings. The summed E-state index contributed by atoms with van der Waals surface area (Å²) >= 11 is 5.35. The first-order valence-electron chi connectivity index (χ1n) is 9.48. The fourth-order valence-corrected chi connectivity index (χ4v) is 3.63. The number of fused-ring (bicyclic) bond motifs is 1. The van der Waals surface area contributed by atoms with E-state index in [2.05, 4.69) is 20.8 Å². The lowest BCUT2D eigenvalue weighted by Crippen LogP contribution is -2.28. The average molecular weight is 419 g/mol. The zero-order valence-electron chi connectivity index (χ0n) is 16.9. The van der Waals surface area contributed by atoms with E-state index in [1.165, 1.54) is 0 Å². The Morgan fingerprint density at radius 1 is 1.10 bits per heavy atom. The Morgan fingerprint density at radius 3 is 2.57 bits per heavy atom. The molecule has 0 bridgehead atoms. The van der Waals surface area contributed by atoms with E-state index in [4.69, 9.17) is 12.2 Å². The van der Waals surface area contributed by atoms with E-state index >= 15 is 0 Å². The van der Waals surface area contributed by atoms with E-state index in [9.17, 15) is 4.79 Å². The summed E-state index contributed by atoms with van der Waals surface area (Å²) in [6.07, 6.45) is 1.72. The van der Waals surface area contributed by atoms with Crippen molar-refractivity contribution in [3.05, 3.63) is 81.9 Å². The highest BCUT2D eigenvalue weighted by Gasteiger charge is 2.16. The normalized spacial score (nSPS) is 11.3. The molecule has 0 saturated heterocycles. The van der Waals surface area contributed by atoms with Crippen molar-refractivity contribution in [3.63, 3.8) is 0 Å². The zero-order chi connectivity index (χ0) is 21.3. The van der Waals surface area contributed by atoms with Crippen LogP contribution in [0.15, 0.2) is 64.5 Å². The molecule has 2 heterocycles. The number of rotatable bonds is 4. The third-order valence-electron chi connectivity index (χ3n) is 5.10. The van der Waals surface area contributed by atoms with Gasteiger partial charge in [0.2, 0.25) is 0 Å². The second-order valence-corrected chi connectivity index (χ2v) is 7.38. The second kappa shape index (κ2) is 8.00. The molecular weight excluding hydrogens is 396 g/mol. The van der Waals surface area contributed by atoms with Gasteiger partial charge in [-0.2, -0.15) is 5.10 Å². The number of hydrogen-bond donors (Lipinski definition) is 3. The molecule has 0 radical (unpaired) electrons. The Labute approximate surface area is 179 Å². The van der Waals surface area contributed by atoms with Crippen LogP contribution in [0.2, 0.25) is 0 Å². The number of benzene rings is 2. The summed E-state index contributed by atoms with van der Waals surface area (Å²) in [7, 11) is 1.84. The summed E-state index contributed by atoms with van der Waals surface area (Å²) in [4.78, 5) is 16.3. The first-order chi connectivity index (χ1) is 14.5.